The Bertz CT molecular complexity index is 1530. The van der Waals surface area contributed by atoms with E-state index in [4.69, 9.17) is 9.47 Å². The number of amides is 1. The first-order chi connectivity index (χ1) is 21.3. The summed E-state index contributed by atoms with van der Waals surface area (Å²) in [5.41, 5.74) is 2.78. The smallest absolute Gasteiger partial charge is 0.257 e. The number of nitrogens with zero attached hydrogens (tertiary/aromatic N) is 6. The molecule has 4 aliphatic rings. The molecule has 1 aromatic carbocycles. The SMILES string of the molecule is CCN(C(=O)c1cc(F)ccc1Oc1cncnc1N1CC2(CC(Oc3ccnc4c3CN(C3CNC3)CC4)C2)C1)C(C)C. The Morgan fingerprint density at radius 2 is 1.98 bits per heavy atom. The first-order valence-electron chi connectivity index (χ1n) is 15.7. The van der Waals surface area contributed by atoms with Crippen molar-refractivity contribution in [2.75, 3.05) is 44.2 Å². The second kappa shape index (κ2) is 11.6. The molecule has 1 spiro atoms. The van der Waals surface area contributed by atoms with Crippen LogP contribution in [0.3, 0.4) is 0 Å². The zero-order valence-electron chi connectivity index (χ0n) is 25.6. The normalized spacial score (nSPS) is 19.6. The third kappa shape index (κ3) is 5.36. The number of anilines is 1. The van der Waals surface area contributed by atoms with Gasteiger partial charge in [-0.25, -0.2) is 14.4 Å². The van der Waals surface area contributed by atoms with Crippen LogP contribution in [-0.2, 0) is 13.0 Å². The minimum atomic E-state index is -0.489. The quantitative estimate of drug-likeness (QED) is 0.390. The second-order valence-corrected chi connectivity index (χ2v) is 12.9. The van der Waals surface area contributed by atoms with E-state index in [-0.39, 0.29) is 34.8 Å². The van der Waals surface area contributed by atoms with Crippen LogP contribution in [0.15, 0.2) is 43.0 Å². The van der Waals surface area contributed by atoms with Crippen LogP contribution in [0.5, 0.6) is 17.2 Å². The number of hydrogen-bond acceptors (Lipinski definition) is 9. The van der Waals surface area contributed by atoms with Gasteiger partial charge < -0.3 is 24.6 Å². The maximum Gasteiger partial charge on any atom is 0.257 e. The summed E-state index contributed by atoms with van der Waals surface area (Å²) >= 11 is 0. The van der Waals surface area contributed by atoms with Gasteiger partial charge in [0.2, 0.25) is 0 Å². The van der Waals surface area contributed by atoms with Crippen LogP contribution >= 0.6 is 0 Å². The highest BCUT2D eigenvalue weighted by molar-refractivity contribution is 5.97. The first-order valence-corrected chi connectivity index (χ1v) is 15.7. The van der Waals surface area contributed by atoms with Crippen molar-refractivity contribution in [1.82, 2.24) is 30.1 Å². The van der Waals surface area contributed by atoms with Crippen LogP contribution < -0.4 is 19.7 Å². The van der Waals surface area contributed by atoms with Gasteiger partial charge in [0.25, 0.3) is 5.91 Å². The molecule has 7 rings (SSSR count). The van der Waals surface area contributed by atoms with Crippen LogP contribution in [0.2, 0.25) is 0 Å². The van der Waals surface area contributed by atoms with Crippen molar-refractivity contribution in [3.63, 3.8) is 0 Å². The zero-order chi connectivity index (χ0) is 30.4. The molecule has 44 heavy (non-hydrogen) atoms. The molecule has 1 N–H and O–H groups in total. The minimum Gasteiger partial charge on any atom is -0.490 e. The molecule has 3 aromatic rings. The minimum absolute atomic E-state index is 0.0321. The molecule has 0 atom stereocenters. The average Bonchev–Trinajstić information content (AvgIpc) is 2.94. The number of benzene rings is 1. The number of ether oxygens (including phenoxy) is 2. The monoisotopic (exact) mass is 601 g/mol. The number of halogens is 1. The fraction of sp³-hybridized carbons (Fsp3) is 0.515. The number of aromatic nitrogens is 3. The molecule has 232 valence electrons. The predicted molar refractivity (Wildman–Crippen MR) is 164 cm³/mol. The number of carbonyl (C=O) groups is 1. The lowest BCUT2D eigenvalue weighted by molar-refractivity contribution is -0.0354. The third-order valence-corrected chi connectivity index (χ3v) is 9.62. The predicted octanol–water partition coefficient (Wildman–Crippen LogP) is 4.05. The summed E-state index contributed by atoms with van der Waals surface area (Å²) < 4.78 is 27.1. The van der Waals surface area contributed by atoms with E-state index in [9.17, 15) is 9.18 Å². The Morgan fingerprint density at radius 1 is 1.16 bits per heavy atom. The van der Waals surface area contributed by atoms with E-state index in [2.05, 4.69) is 30.1 Å². The van der Waals surface area contributed by atoms with Crippen LogP contribution in [0.4, 0.5) is 10.2 Å². The topological polar surface area (TPSA) is 96.0 Å². The van der Waals surface area contributed by atoms with Crippen molar-refractivity contribution < 1.29 is 18.7 Å². The highest BCUT2D eigenvalue weighted by atomic mass is 19.1. The van der Waals surface area contributed by atoms with Gasteiger partial charge in [-0.15, -0.1) is 0 Å². The Balaban J connectivity index is 1.00. The molecule has 5 heterocycles. The molecule has 10 nitrogen and oxygen atoms in total. The van der Waals surface area contributed by atoms with Gasteiger partial charge in [0.15, 0.2) is 11.6 Å². The van der Waals surface area contributed by atoms with Gasteiger partial charge in [0, 0.05) is 87.2 Å². The summed E-state index contributed by atoms with van der Waals surface area (Å²) in [5, 5.41) is 3.38. The maximum absolute atomic E-state index is 14.3. The number of pyridine rings is 1. The molecule has 0 bridgehead atoms. The molecule has 3 fully saturated rings. The summed E-state index contributed by atoms with van der Waals surface area (Å²) in [7, 11) is 0. The van der Waals surface area contributed by atoms with Crippen LogP contribution in [0.1, 0.15) is 55.2 Å². The summed E-state index contributed by atoms with van der Waals surface area (Å²) in [5.74, 6) is 1.61. The highest BCUT2D eigenvalue weighted by Gasteiger charge is 2.54. The number of fused-ring (bicyclic) bond motifs is 1. The van der Waals surface area contributed by atoms with E-state index in [1.54, 1.807) is 11.1 Å². The van der Waals surface area contributed by atoms with Gasteiger partial charge in [0.05, 0.1) is 11.8 Å². The van der Waals surface area contributed by atoms with Gasteiger partial charge in [-0.05, 0) is 57.9 Å². The van der Waals surface area contributed by atoms with E-state index in [0.717, 1.165) is 64.3 Å². The fourth-order valence-corrected chi connectivity index (χ4v) is 7.12. The van der Waals surface area contributed by atoms with E-state index in [1.807, 2.05) is 33.0 Å². The van der Waals surface area contributed by atoms with E-state index in [0.29, 0.717) is 24.2 Å². The first kappa shape index (κ1) is 28.9. The van der Waals surface area contributed by atoms with E-state index in [1.165, 1.54) is 35.8 Å². The largest absolute Gasteiger partial charge is 0.490 e. The van der Waals surface area contributed by atoms with Crippen LogP contribution in [0, 0.1) is 11.2 Å². The Hall–Kier alpha value is -3.83. The molecule has 0 unspecified atom stereocenters. The molecule has 11 heteroatoms. The van der Waals surface area contributed by atoms with E-state index >= 15 is 0 Å². The van der Waals surface area contributed by atoms with Crippen molar-refractivity contribution in [2.45, 2.75) is 64.8 Å². The summed E-state index contributed by atoms with van der Waals surface area (Å²) in [4.78, 5) is 33.1. The number of carbonyl (C=O) groups excluding carboxylic acids is 1. The number of nitrogens with one attached hydrogen (secondary N) is 1. The lowest BCUT2D eigenvalue weighted by Crippen LogP contribution is -2.65. The van der Waals surface area contributed by atoms with Crippen molar-refractivity contribution in [2.24, 2.45) is 5.41 Å². The standard InChI is InChI=1S/C33H40FN7O3/c1-4-41(21(2)3)32(42)25-11-22(34)5-6-28(25)44-30-16-36-20-38-31(30)40-18-33(19-40)12-24(13-33)43-29-7-9-37-27-8-10-39(17-26(27)29)23-14-35-15-23/h5-7,9,11,16,20-21,23-24,35H,4,8,10,12-15,17-19H2,1-3H3. The number of rotatable bonds is 9. The number of hydrogen-bond donors (Lipinski definition) is 1. The Labute approximate surface area is 257 Å². The second-order valence-electron chi connectivity index (χ2n) is 12.9. The van der Waals surface area contributed by atoms with Crippen molar-refractivity contribution >= 4 is 11.7 Å². The van der Waals surface area contributed by atoms with Crippen LogP contribution in [0.25, 0.3) is 0 Å². The van der Waals surface area contributed by atoms with Gasteiger partial charge in [-0.2, -0.15) is 0 Å². The molecule has 1 saturated carbocycles. The van der Waals surface area contributed by atoms with Crippen molar-refractivity contribution in [3.05, 3.63) is 65.6 Å². The summed E-state index contributed by atoms with van der Waals surface area (Å²) in [6, 6.07) is 6.65. The Kier molecular flexibility index (Phi) is 7.62. The molecule has 2 aromatic heterocycles. The van der Waals surface area contributed by atoms with Crippen LogP contribution in [-0.4, -0.2) is 88.1 Å². The molecule has 2 saturated heterocycles. The molecule has 1 aliphatic carbocycles. The highest BCUT2D eigenvalue weighted by Crippen LogP contribution is 2.52. The molecular weight excluding hydrogens is 561 g/mol. The van der Waals surface area contributed by atoms with Gasteiger partial charge >= 0.3 is 0 Å². The van der Waals surface area contributed by atoms with E-state index < -0.39 is 5.82 Å². The lowest BCUT2D eigenvalue weighted by Gasteiger charge is -2.59. The zero-order valence-corrected chi connectivity index (χ0v) is 25.6. The molecule has 3 aliphatic heterocycles. The summed E-state index contributed by atoms with van der Waals surface area (Å²) in [6.45, 7) is 12.0. The third-order valence-electron chi connectivity index (χ3n) is 9.62. The van der Waals surface area contributed by atoms with Gasteiger partial charge in [-0.1, -0.05) is 0 Å². The summed E-state index contributed by atoms with van der Waals surface area (Å²) in [6.07, 6.45) is 8.11. The molecular formula is C33H40FN7O3. The van der Waals surface area contributed by atoms with Gasteiger partial charge in [0.1, 0.15) is 29.7 Å². The maximum atomic E-state index is 14.3. The van der Waals surface area contributed by atoms with Crippen molar-refractivity contribution in [1.29, 1.82) is 0 Å². The average molecular weight is 602 g/mol. The lowest BCUT2D eigenvalue weighted by atomic mass is 9.61. The molecule has 1 amide bonds. The fourth-order valence-electron chi connectivity index (χ4n) is 7.12. The van der Waals surface area contributed by atoms with Gasteiger partial charge in [-0.3, -0.25) is 14.7 Å². The Morgan fingerprint density at radius 3 is 2.70 bits per heavy atom. The molecule has 0 radical (unpaired) electrons. The van der Waals surface area contributed by atoms with Crippen molar-refractivity contribution in [3.8, 4) is 17.2 Å².